The van der Waals surface area contributed by atoms with E-state index in [1.807, 2.05) is 49.4 Å². The van der Waals surface area contributed by atoms with Gasteiger partial charge in [0.2, 0.25) is 0 Å². The fourth-order valence-electron chi connectivity index (χ4n) is 5.15. The number of allylic oxidation sites excluding steroid dienone is 1. The van der Waals surface area contributed by atoms with Crippen LogP contribution < -0.4 is 5.32 Å². The van der Waals surface area contributed by atoms with E-state index < -0.39 is 0 Å². The van der Waals surface area contributed by atoms with E-state index in [-0.39, 0.29) is 5.82 Å². The molecule has 8 nitrogen and oxygen atoms in total. The van der Waals surface area contributed by atoms with E-state index in [9.17, 15) is 4.39 Å². The number of hydrogen-bond acceptors (Lipinski definition) is 6. The summed E-state index contributed by atoms with van der Waals surface area (Å²) >= 11 is 0. The first-order chi connectivity index (χ1) is 20.5. The summed E-state index contributed by atoms with van der Waals surface area (Å²) in [5, 5.41) is 11.8. The van der Waals surface area contributed by atoms with Crippen LogP contribution in [-0.4, -0.2) is 35.1 Å². The number of imidazole rings is 1. The van der Waals surface area contributed by atoms with Crippen LogP contribution in [-0.2, 0) is 6.42 Å². The third-order valence-corrected chi connectivity index (χ3v) is 7.03. The fraction of sp³-hybridized carbons (Fsp3) is 0.0606. The van der Waals surface area contributed by atoms with Gasteiger partial charge in [0.25, 0.3) is 0 Å². The van der Waals surface area contributed by atoms with Gasteiger partial charge in [-0.15, -0.1) is 0 Å². The van der Waals surface area contributed by atoms with Gasteiger partial charge in [0.1, 0.15) is 11.5 Å². The quantitative estimate of drug-likeness (QED) is 0.192. The zero-order chi connectivity index (χ0) is 28.6. The van der Waals surface area contributed by atoms with E-state index in [0.29, 0.717) is 29.1 Å². The Hall–Kier alpha value is -5.70. The number of fused-ring (bicyclic) bond motifs is 2. The van der Waals surface area contributed by atoms with Crippen LogP contribution in [0.15, 0.2) is 104 Å². The van der Waals surface area contributed by atoms with E-state index >= 15 is 0 Å². The van der Waals surface area contributed by atoms with Gasteiger partial charge in [0.15, 0.2) is 11.5 Å². The lowest BCUT2D eigenvalue weighted by molar-refractivity contribution is 0.627. The molecule has 5 aromatic heterocycles. The number of pyridine rings is 3. The van der Waals surface area contributed by atoms with Crippen molar-refractivity contribution in [2.45, 2.75) is 13.3 Å². The highest BCUT2D eigenvalue weighted by Crippen LogP contribution is 2.32. The summed E-state index contributed by atoms with van der Waals surface area (Å²) in [5.74, 6) is 0.259. The molecule has 0 aliphatic heterocycles. The van der Waals surface area contributed by atoms with Crippen molar-refractivity contribution in [2.24, 2.45) is 0 Å². The van der Waals surface area contributed by atoms with E-state index in [1.54, 1.807) is 24.8 Å². The highest BCUT2D eigenvalue weighted by Gasteiger charge is 2.17. The number of hydrogen-bond donors (Lipinski definition) is 3. The number of anilines is 1. The zero-order valence-corrected chi connectivity index (χ0v) is 22.7. The van der Waals surface area contributed by atoms with Crippen LogP contribution in [0.1, 0.15) is 11.1 Å². The molecule has 204 valence electrons. The Kier molecular flexibility index (Phi) is 6.24. The Morgan fingerprint density at radius 1 is 0.952 bits per heavy atom. The minimum Gasteiger partial charge on any atom is -0.358 e. The molecule has 3 N–H and O–H groups in total. The van der Waals surface area contributed by atoms with Gasteiger partial charge < -0.3 is 10.3 Å². The molecule has 2 aromatic carbocycles. The second kappa shape index (κ2) is 10.4. The monoisotopic (exact) mass is 552 g/mol. The fourth-order valence-corrected chi connectivity index (χ4v) is 5.15. The lowest BCUT2D eigenvalue weighted by Gasteiger charge is -2.11. The minimum atomic E-state index is -0.290. The summed E-state index contributed by atoms with van der Waals surface area (Å²) in [6, 6.07) is 20.9. The smallest absolute Gasteiger partial charge is 0.178 e. The highest BCUT2D eigenvalue weighted by molar-refractivity contribution is 5.96. The summed E-state index contributed by atoms with van der Waals surface area (Å²) in [6.45, 7) is 6.05. The Balaban J connectivity index is 1.22. The molecule has 5 heterocycles. The lowest BCUT2D eigenvalue weighted by atomic mass is 10.0. The molecule has 0 unspecified atom stereocenters. The summed E-state index contributed by atoms with van der Waals surface area (Å²) < 4.78 is 14.2. The largest absolute Gasteiger partial charge is 0.358 e. The summed E-state index contributed by atoms with van der Waals surface area (Å²) in [7, 11) is 0. The molecule has 0 saturated heterocycles. The first-order valence-corrected chi connectivity index (χ1v) is 13.4. The van der Waals surface area contributed by atoms with Crippen molar-refractivity contribution in [3.63, 3.8) is 0 Å². The Bertz CT molecular complexity index is 2070. The maximum atomic E-state index is 14.2. The van der Waals surface area contributed by atoms with Crippen molar-refractivity contribution in [2.75, 3.05) is 5.32 Å². The summed E-state index contributed by atoms with van der Waals surface area (Å²) in [6.07, 6.45) is 7.67. The zero-order valence-electron chi connectivity index (χ0n) is 22.7. The Morgan fingerprint density at radius 3 is 2.69 bits per heavy atom. The Labute approximate surface area is 240 Å². The molecule has 0 bridgehead atoms. The Morgan fingerprint density at radius 2 is 1.83 bits per heavy atom. The maximum absolute atomic E-state index is 14.2. The highest BCUT2D eigenvalue weighted by atomic mass is 19.1. The van der Waals surface area contributed by atoms with Crippen LogP contribution in [0.4, 0.5) is 10.1 Å². The number of nitrogens with zero attached hydrogens (tertiary/aromatic N) is 5. The molecule has 42 heavy (non-hydrogen) atoms. The van der Waals surface area contributed by atoms with Gasteiger partial charge in [-0.1, -0.05) is 43.0 Å². The van der Waals surface area contributed by atoms with E-state index in [4.69, 9.17) is 4.98 Å². The average Bonchev–Trinajstić information content (AvgIpc) is 3.61. The van der Waals surface area contributed by atoms with Crippen molar-refractivity contribution in [1.82, 2.24) is 35.1 Å². The van der Waals surface area contributed by atoms with Crippen LogP contribution in [0.5, 0.6) is 0 Å². The molecule has 0 amide bonds. The third-order valence-electron chi connectivity index (χ3n) is 7.03. The molecular formula is C33H25FN8. The lowest BCUT2D eigenvalue weighted by Crippen LogP contribution is -2.02. The molecule has 0 spiro atoms. The first-order valence-electron chi connectivity index (χ1n) is 13.4. The van der Waals surface area contributed by atoms with Crippen molar-refractivity contribution in [3.05, 3.63) is 121 Å². The molecule has 0 aliphatic rings. The van der Waals surface area contributed by atoms with Crippen molar-refractivity contribution in [1.29, 1.82) is 0 Å². The number of H-pyrrole nitrogens is 2. The minimum absolute atomic E-state index is 0.290. The standard InChI is InChI=1S/C33H25FN8/c1-19-10-22(13-24(34)11-19)26-8-9-36-32-30(26)39-33(40-32)31-27-15-28(37-18-29(27)41-42-31)23-14-25(17-35-16-23)38-20(2)12-21-6-4-3-5-7-21/h3-11,13-18,38H,2,12H2,1H3,(H,41,42)(H,36,39,40). The second-order valence-electron chi connectivity index (χ2n) is 10.2. The van der Waals surface area contributed by atoms with E-state index in [2.05, 4.69) is 54.2 Å². The van der Waals surface area contributed by atoms with Gasteiger partial charge in [-0.05, 0) is 53.9 Å². The van der Waals surface area contributed by atoms with Gasteiger partial charge in [0, 0.05) is 41.0 Å². The van der Waals surface area contributed by atoms with Crippen LogP contribution in [0.25, 0.3) is 56.0 Å². The molecule has 7 rings (SSSR count). The second-order valence-corrected chi connectivity index (χ2v) is 10.2. The van der Waals surface area contributed by atoms with E-state index in [0.717, 1.165) is 50.2 Å². The average molecular weight is 553 g/mol. The number of aromatic amines is 2. The molecular weight excluding hydrogens is 527 g/mol. The van der Waals surface area contributed by atoms with Gasteiger partial charge in [-0.25, -0.2) is 14.4 Å². The normalized spacial score (nSPS) is 11.3. The molecule has 9 heteroatoms. The van der Waals surface area contributed by atoms with Crippen LogP contribution in [0, 0.1) is 12.7 Å². The predicted octanol–water partition coefficient (Wildman–Crippen LogP) is 7.24. The van der Waals surface area contributed by atoms with Gasteiger partial charge >= 0.3 is 0 Å². The van der Waals surface area contributed by atoms with Crippen molar-refractivity contribution >= 4 is 27.8 Å². The number of benzene rings is 2. The van der Waals surface area contributed by atoms with Gasteiger partial charge in [0.05, 0.1) is 34.8 Å². The number of aryl methyl sites for hydroxylation is 1. The number of aromatic nitrogens is 7. The van der Waals surface area contributed by atoms with Gasteiger partial charge in [-0.2, -0.15) is 5.10 Å². The molecule has 0 saturated carbocycles. The summed E-state index contributed by atoms with van der Waals surface area (Å²) in [4.78, 5) is 21.6. The number of halogens is 1. The molecule has 0 aliphatic carbocycles. The molecule has 0 atom stereocenters. The predicted molar refractivity (Wildman–Crippen MR) is 163 cm³/mol. The maximum Gasteiger partial charge on any atom is 0.178 e. The molecule has 0 fully saturated rings. The first kappa shape index (κ1) is 25.3. The molecule has 0 radical (unpaired) electrons. The van der Waals surface area contributed by atoms with Crippen LogP contribution >= 0.6 is 0 Å². The number of nitrogens with one attached hydrogen (secondary N) is 3. The topological polar surface area (TPSA) is 108 Å². The number of rotatable bonds is 7. The van der Waals surface area contributed by atoms with Crippen LogP contribution in [0.3, 0.4) is 0 Å². The van der Waals surface area contributed by atoms with Crippen LogP contribution in [0.2, 0.25) is 0 Å². The SMILES string of the molecule is C=C(Cc1ccccc1)Nc1cncc(-c2cc3c(-c4nc5nccc(-c6cc(C)cc(F)c6)c5[nH]4)n[nH]c3cn2)c1. The van der Waals surface area contributed by atoms with E-state index in [1.165, 1.54) is 17.7 Å². The van der Waals surface area contributed by atoms with Gasteiger partial charge in [-0.3, -0.25) is 15.1 Å². The van der Waals surface area contributed by atoms with Crippen molar-refractivity contribution in [3.8, 4) is 33.9 Å². The third kappa shape index (κ3) is 4.88. The molecule has 7 aromatic rings. The summed E-state index contributed by atoms with van der Waals surface area (Å²) in [5.41, 5.74) is 9.48. The van der Waals surface area contributed by atoms with Crippen molar-refractivity contribution < 1.29 is 4.39 Å².